The summed E-state index contributed by atoms with van der Waals surface area (Å²) in [4.78, 5) is 12.6. The summed E-state index contributed by atoms with van der Waals surface area (Å²) in [5.41, 5.74) is 0.666. The van der Waals surface area contributed by atoms with Crippen molar-refractivity contribution in [3.63, 3.8) is 0 Å². The van der Waals surface area contributed by atoms with Gasteiger partial charge in [-0.1, -0.05) is 30.3 Å². The normalized spacial score (nSPS) is 11.8. The van der Waals surface area contributed by atoms with E-state index in [0.29, 0.717) is 16.2 Å². The van der Waals surface area contributed by atoms with Crippen molar-refractivity contribution >= 4 is 16.6 Å². The van der Waals surface area contributed by atoms with Gasteiger partial charge < -0.3 is 4.74 Å². The molecule has 3 nitrogen and oxygen atoms in total. The van der Waals surface area contributed by atoms with Gasteiger partial charge in [-0.3, -0.25) is 9.00 Å². The molecule has 104 valence electrons. The first-order valence-electron chi connectivity index (χ1n) is 6.31. The van der Waals surface area contributed by atoms with E-state index < -0.39 is 10.8 Å². The molecule has 0 saturated carbocycles. The van der Waals surface area contributed by atoms with Crippen LogP contribution in [0.5, 0.6) is 5.75 Å². The zero-order valence-corrected chi connectivity index (χ0v) is 12.1. The molecule has 0 amide bonds. The zero-order valence-electron chi connectivity index (χ0n) is 11.2. The molecule has 0 radical (unpaired) electrons. The van der Waals surface area contributed by atoms with Crippen LogP contribution >= 0.6 is 0 Å². The maximum Gasteiger partial charge on any atom is 0.163 e. The van der Waals surface area contributed by atoms with Crippen molar-refractivity contribution in [1.82, 2.24) is 0 Å². The predicted molar refractivity (Wildman–Crippen MR) is 79.7 cm³/mol. The second kappa shape index (κ2) is 7.01. The molecule has 0 aromatic heterocycles. The van der Waals surface area contributed by atoms with Crippen molar-refractivity contribution < 1.29 is 13.7 Å². The summed E-state index contributed by atoms with van der Waals surface area (Å²) in [5.74, 6) is 1.08. The minimum absolute atomic E-state index is 0.0208. The van der Waals surface area contributed by atoms with Crippen LogP contribution in [0.4, 0.5) is 0 Å². The van der Waals surface area contributed by atoms with Gasteiger partial charge in [0, 0.05) is 22.6 Å². The Morgan fingerprint density at radius 1 is 1.05 bits per heavy atom. The highest BCUT2D eigenvalue weighted by Gasteiger charge is 2.09. The summed E-state index contributed by atoms with van der Waals surface area (Å²) in [5, 5.41) is 0. The van der Waals surface area contributed by atoms with E-state index in [1.807, 2.05) is 18.2 Å². The van der Waals surface area contributed by atoms with Gasteiger partial charge in [-0.15, -0.1) is 0 Å². The molecular weight excluding hydrogens is 272 g/mol. The molecule has 0 aliphatic carbocycles. The van der Waals surface area contributed by atoms with Crippen molar-refractivity contribution in [3.05, 3.63) is 60.2 Å². The maximum atomic E-state index is 12.1. The molecule has 2 aromatic rings. The second-order valence-corrected chi connectivity index (χ2v) is 5.84. The van der Waals surface area contributed by atoms with Crippen LogP contribution in [0.15, 0.2) is 59.5 Å². The van der Waals surface area contributed by atoms with Crippen LogP contribution in [0.25, 0.3) is 0 Å². The molecule has 4 heteroatoms. The molecule has 0 saturated heterocycles. The Hall–Kier alpha value is -1.94. The van der Waals surface area contributed by atoms with E-state index in [4.69, 9.17) is 4.74 Å². The van der Waals surface area contributed by atoms with Crippen LogP contribution in [-0.4, -0.2) is 22.9 Å². The standard InChI is InChI=1S/C16H16O3S/c1-19-14-7-9-15(10-8-14)20(18)12-11-16(17)13-5-3-2-4-6-13/h2-10H,11-12H2,1H3. The van der Waals surface area contributed by atoms with Crippen molar-refractivity contribution in [2.24, 2.45) is 0 Å². The molecule has 0 aliphatic rings. The van der Waals surface area contributed by atoms with E-state index in [9.17, 15) is 9.00 Å². The lowest BCUT2D eigenvalue weighted by Gasteiger charge is -2.04. The van der Waals surface area contributed by atoms with Gasteiger partial charge in [-0.25, -0.2) is 0 Å². The lowest BCUT2D eigenvalue weighted by Crippen LogP contribution is -2.06. The fourth-order valence-electron chi connectivity index (χ4n) is 1.80. The second-order valence-electron chi connectivity index (χ2n) is 4.26. The van der Waals surface area contributed by atoms with E-state index >= 15 is 0 Å². The van der Waals surface area contributed by atoms with Gasteiger partial charge in [-0.2, -0.15) is 0 Å². The quantitative estimate of drug-likeness (QED) is 0.767. The number of Topliss-reactive ketones (excluding diaryl/α,β-unsaturated/α-hetero) is 1. The van der Waals surface area contributed by atoms with Crippen molar-refractivity contribution in [1.29, 1.82) is 0 Å². The van der Waals surface area contributed by atoms with Gasteiger partial charge in [-0.05, 0) is 24.3 Å². The summed E-state index contributed by atoms with van der Waals surface area (Å²) in [7, 11) is 0.423. The molecule has 2 rings (SSSR count). The fraction of sp³-hybridized carbons (Fsp3) is 0.188. The number of hydrogen-bond acceptors (Lipinski definition) is 3. The number of rotatable bonds is 6. The molecule has 20 heavy (non-hydrogen) atoms. The van der Waals surface area contributed by atoms with E-state index in [1.54, 1.807) is 43.5 Å². The number of benzene rings is 2. The SMILES string of the molecule is COc1ccc(S(=O)CCC(=O)c2ccccc2)cc1. The summed E-state index contributed by atoms with van der Waals surface area (Å²) < 4.78 is 17.2. The lowest BCUT2D eigenvalue weighted by molar-refractivity contribution is 0.0989. The Kier molecular flexibility index (Phi) is 5.07. The smallest absolute Gasteiger partial charge is 0.163 e. The Labute approximate surface area is 121 Å². The molecular formula is C16H16O3S. The third kappa shape index (κ3) is 3.78. The van der Waals surface area contributed by atoms with E-state index in [0.717, 1.165) is 5.75 Å². The van der Waals surface area contributed by atoms with Crippen molar-refractivity contribution in [3.8, 4) is 5.75 Å². The molecule has 0 heterocycles. The monoisotopic (exact) mass is 288 g/mol. The van der Waals surface area contributed by atoms with Crippen LogP contribution < -0.4 is 4.74 Å². The highest BCUT2D eigenvalue weighted by atomic mass is 32.2. The summed E-state index contributed by atoms with van der Waals surface area (Å²) >= 11 is 0. The fourth-order valence-corrected chi connectivity index (χ4v) is 2.85. The molecule has 0 aliphatic heterocycles. The third-order valence-electron chi connectivity index (χ3n) is 2.93. The summed E-state index contributed by atoms with van der Waals surface area (Å²) in [6.07, 6.45) is 0.280. The molecule has 0 spiro atoms. The molecule has 1 unspecified atom stereocenters. The van der Waals surface area contributed by atoms with Crippen molar-refractivity contribution in [2.45, 2.75) is 11.3 Å². The lowest BCUT2D eigenvalue weighted by atomic mass is 10.1. The Balaban J connectivity index is 1.93. The first-order valence-corrected chi connectivity index (χ1v) is 7.63. The minimum atomic E-state index is -1.16. The van der Waals surface area contributed by atoms with Crippen LogP contribution in [0, 0.1) is 0 Å². The van der Waals surface area contributed by atoms with Gasteiger partial charge >= 0.3 is 0 Å². The zero-order chi connectivity index (χ0) is 14.4. The average molecular weight is 288 g/mol. The molecule has 1 atom stereocenters. The predicted octanol–water partition coefficient (Wildman–Crippen LogP) is 3.08. The number of methoxy groups -OCH3 is 1. The minimum Gasteiger partial charge on any atom is -0.497 e. The molecule has 2 aromatic carbocycles. The van der Waals surface area contributed by atoms with Gasteiger partial charge in [0.25, 0.3) is 0 Å². The van der Waals surface area contributed by atoms with Gasteiger partial charge in [0.1, 0.15) is 5.75 Å². The topological polar surface area (TPSA) is 43.4 Å². The summed E-state index contributed by atoms with van der Waals surface area (Å²) in [6.45, 7) is 0. The van der Waals surface area contributed by atoms with E-state index in [1.165, 1.54) is 0 Å². The summed E-state index contributed by atoms with van der Waals surface area (Å²) in [6, 6.07) is 16.1. The van der Waals surface area contributed by atoms with Crippen LogP contribution in [0.1, 0.15) is 16.8 Å². The first kappa shape index (κ1) is 14.5. The van der Waals surface area contributed by atoms with Crippen LogP contribution in [-0.2, 0) is 10.8 Å². The first-order chi connectivity index (χ1) is 9.70. The van der Waals surface area contributed by atoms with Gasteiger partial charge in [0.15, 0.2) is 5.78 Å². The Morgan fingerprint density at radius 3 is 2.30 bits per heavy atom. The highest BCUT2D eigenvalue weighted by Crippen LogP contribution is 2.15. The Morgan fingerprint density at radius 2 is 1.70 bits per heavy atom. The number of ether oxygens (including phenoxy) is 1. The number of carbonyl (C=O) groups is 1. The molecule has 0 fully saturated rings. The van der Waals surface area contributed by atoms with E-state index in [2.05, 4.69) is 0 Å². The third-order valence-corrected chi connectivity index (χ3v) is 4.31. The number of hydrogen-bond donors (Lipinski definition) is 0. The largest absolute Gasteiger partial charge is 0.497 e. The number of ketones is 1. The molecule has 0 N–H and O–H groups in total. The van der Waals surface area contributed by atoms with Crippen LogP contribution in [0.3, 0.4) is 0 Å². The van der Waals surface area contributed by atoms with Gasteiger partial charge in [0.05, 0.1) is 17.9 Å². The maximum absolute atomic E-state index is 12.1. The Bertz CT molecular complexity index is 591. The average Bonchev–Trinajstić information content (AvgIpc) is 2.53. The van der Waals surface area contributed by atoms with Crippen LogP contribution in [0.2, 0.25) is 0 Å². The highest BCUT2D eigenvalue weighted by molar-refractivity contribution is 7.85. The van der Waals surface area contributed by atoms with E-state index in [-0.39, 0.29) is 12.2 Å². The van der Waals surface area contributed by atoms with Crippen molar-refractivity contribution in [2.75, 3.05) is 12.9 Å². The molecule has 0 bridgehead atoms. The number of carbonyl (C=O) groups excluding carboxylic acids is 1. The van der Waals surface area contributed by atoms with Gasteiger partial charge in [0.2, 0.25) is 0 Å².